The number of rotatable bonds is 4. The molecular formula is C23H21ClN4O3. The van der Waals surface area contributed by atoms with Gasteiger partial charge in [0.2, 0.25) is 5.95 Å². The number of carbonyl (C=O) groups is 1. The first-order valence-corrected chi connectivity index (χ1v) is 10.4. The van der Waals surface area contributed by atoms with Gasteiger partial charge in [0.15, 0.2) is 17.3 Å². The van der Waals surface area contributed by atoms with Crippen molar-refractivity contribution in [1.29, 1.82) is 0 Å². The summed E-state index contributed by atoms with van der Waals surface area (Å²) >= 11 is 6.25. The maximum Gasteiger partial charge on any atom is 0.226 e. The molecule has 2 aliphatic rings. The van der Waals surface area contributed by atoms with Gasteiger partial charge in [-0.15, -0.1) is 0 Å². The lowest BCUT2D eigenvalue weighted by Gasteiger charge is -2.35. The molecule has 2 aromatic carbocycles. The monoisotopic (exact) mass is 436 g/mol. The molecule has 2 atom stereocenters. The van der Waals surface area contributed by atoms with Crippen LogP contribution in [0.4, 0.5) is 5.95 Å². The fourth-order valence-electron chi connectivity index (χ4n) is 4.48. The van der Waals surface area contributed by atoms with Gasteiger partial charge in [0.05, 0.1) is 14.2 Å². The molecule has 0 radical (unpaired) electrons. The molecule has 0 spiro atoms. The summed E-state index contributed by atoms with van der Waals surface area (Å²) in [7, 11) is 3.22. The van der Waals surface area contributed by atoms with Gasteiger partial charge in [0, 0.05) is 22.7 Å². The van der Waals surface area contributed by atoms with Gasteiger partial charge in [0.25, 0.3) is 0 Å². The third kappa shape index (κ3) is 3.35. The van der Waals surface area contributed by atoms with Crippen molar-refractivity contribution in [2.75, 3.05) is 19.5 Å². The minimum absolute atomic E-state index is 0.0213. The number of allylic oxidation sites excluding steroid dienone is 2. The Balaban J connectivity index is 1.56. The number of ether oxygens (including phenoxy) is 2. The number of nitrogens with zero attached hydrogens (tertiary/aromatic N) is 3. The van der Waals surface area contributed by atoms with E-state index in [0.717, 1.165) is 22.4 Å². The second-order valence-electron chi connectivity index (χ2n) is 7.65. The minimum atomic E-state index is -0.355. The average Bonchev–Trinajstić information content (AvgIpc) is 3.25. The maximum atomic E-state index is 13.4. The molecule has 2 heterocycles. The van der Waals surface area contributed by atoms with Crippen molar-refractivity contribution < 1.29 is 14.3 Å². The Morgan fingerprint density at radius 2 is 1.90 bits per heavy atom. The predicted octanol–water partition coefficient (Wildman–Crippen LogP) is 4.36. The molecule has 7 nitrogen and oxygen atoms in total. The number of benzene rings is 2. The van der Waals surface area contributed by atoms with Crippen LogP contribution in [0.25, 0.3) is 0 Å². The molecule has 158 valence electrons. The first-order chi connectivity index (χ1) is 15.1. The van der Waals surface area contributed by atoms with Crippen LogP contribution < -0.4 is 14.8 Å². The number of methoxy groups -OCH3 is 2. The molecular weight excluding hydrogens is 416 g/mol. The highest BCUT2D eigenvalue weighted by molar-refractivity contribution is 6.30. The largest absolute Gasteiger partial charge is 0.493 e. The lowest BCUT2D eigenvalue weighted by Crippen LogP contribution is -2.33. The van der Waals surface area contributed by atoms with Crippen molar-refractivity contribution in [3.63, 3.8) is 0 Å². The van der Waals surface area contributed by atoms with Crippen molar-refractivity contribution >= 4 is 23.3 Å². The molecule has 0 unspecified atom stereocenters. The molecule has 5 rings (SSSR count). The van der Waals surface area contributed by atoms with Crippen LogP contribution in [0.3, 0.4) is 0 Å². The number of aromatic nitrogens is 3. The highest BCUT2D eigenvalue weighted by Crippen LogP contribution is 2.45. The first-order valence-electron chi connectivity index (χ1n) is 9.99. The van der Waals surface area contributed by atoms with Crippen LogP contribution >= 0.6 is 11.6 Å². The normalized spacial score (nSPS) is 20.0. The lowest BCUT2D eigenvalue weighted by atomic mass is 9.78. The predicted molar refractivity (Wildman–Crippen MR) is 117 cm³/mol. The third-order valence-corrected chi connectivity index (χ3v) is 6.14. The van der Waals surface area contributed by atoms with Gasteiger partial charge in [-0.25, -0.2) is 4.68 Å². The van der Waals surface area contributed by atoms with E-state index < -0.39 is 0 Å². The van der Waals surface area contributed by atoms with Gasteiger partial charge in [-0.3, -0.25) is 4.79 Å². The zero-order valence-corrected chi connectivity index (χ0v) is 17.9. The fraction of sp³-hybridized carbons (Fsp3) is 0.261. The molecule has 0 saturated heterocycles. The number of hydrogen-bond acceptors (Lipinski definition) is 6. The van der Waals surface area contributed by atoms with Gasteiger partial charge in [-0.2, -0.15) is 10.1 Å². The third-order valence-electron chi connectivity index (χ3n) is 5.91. The summed E-state index contributed by atoms with van der Waals surface area (Å²) in [5.74, 6) is 2.04. The van der Waals surface area contributed by atoms with E-state index >= 15 is 0 Å². The van der Waals surface area contributed by atoms with Crippen LogP contribution in [0, 0.1) is 0 Å². The average molecular weight is 437 g/mol. The second-order valence-corrected chi connectivity index (χ2v) is 8.08. The number of nitrogens with one attached hydrogen (secondary N) is 1. The molecule has 1 N–H and O–H groups in total. The highest BCUT2D eigenvalue weighted by Gasteiger charge is 2.39. The van der Waals surface area contributed by atoms with Crippen molar-refractivity contribution in [3.8, 4) is 11.5 Å². The molecule has 0 fully saturated rings. The number of halogens is 1. The summed E-state index contributed by atoms with van der Waals surface area (Å²) in [6.45, 7) is 0. The van der Waals surface area contributed by atoms with E-state index in [2.05, 4.69) is 15.4 Å². The molecule has 0 bridgehead atoms. The molecule has 0 saturated carbocycles. The summed E-state index contributed by atoms with van der Waals surface area (Å²) in [5.41, 5.74) is 3.54. The summed E-state index contributed by atoms with van der Waals surface area (Å²) in [5, 5.41) is 8.32. The van der Waals surface area contributed by atoms with Crippen LogP contribution in [0.5, 0.6) is 11.5 Å². The number of ketones is 1. The number of carbonyl (C=O) groups excluding carboxylic acids is 1. The first kappa shape index (κ1) is 19.6. The summed E-state index contributed by atoms with van der Waals surface area (Å²) in [4.78, 5) is 17.8. The van der Waals surface area contributed by atoms with Gasteiger partial charge < -0.3 is 14.8 Å². The molecule has 8 heteroatoms. The number of hydrogen-bond donors (Lipinski definition) is 1. The van der Waals surface area contributed by atoms with Gasteiger partial charge in [-0.05, 0) is 47.7 Å². The van der Waals surface area contributed by atoms with Gasteiger partial charge in [0.1, 0.15) is 12.4 Å². The smallest absolute Gasteiger partial charge is 0.226 e. The van der Waals surface area contributed by atoms with Gasteiger partial charge >= 0.3 is 0 Å². The van der Waals surface area contributed by atoms with Crippen LogP contribution in [0.15, 0.2) is 60.1 Å². The Labute approximate surface area is 184 Å². The molecule has 1 aliphatic carbocycles. The topological polar surface area (TPSA) is 78.3 Å². The summed E-state index contributed by atoms with van der Waals surface area (Å²) in [6, 6.07) is 13.0. The number of fused-ring (bicyclic) bond motifs is 1. The standard InChI is InChI=1S/C23H21ClN4O3/c1-30-19-7-6-13(11-20(19)31-2)15-9-17-21(18(29)10-15)22(14-4-3-5-16(24)8-14)28-23(27-17)25-12-26-28/h3-8,11-12,15,22H,9-10H2,1-2H3,(H,25,26,27)/t15-,22-/m0/s1. The number of anilines is 1. The second kappa shape index (κ2) is 7.74. The zero-order chi connectivity index (χ0) is 21.5. The van der Waals surface area contributed by atoms with E-state index in [1.807, 2.05) is 42.5 Å². The Bertz CT molecular complexity index is 1200. The lowest BCUT2D eigenvalue weighted by molar-refractivity contribution is -0.116. The fourth-order valence-corrected chi connectivity index (χ4v) is 4.68. The minimum Gasteiger partial charge on any atom is -0.493 e. The van der Waals surface area contributed by atoms with Gasteiger partial charge in [-0.1, -0.05) is 29.8 Å². The molecule has 0 amide bonds. The van der Waals surface area contributed by atoms with E-state index in [1.165, 1.54) is 6.33 Å². The Morgan fingerprint density at radius 3 is 2.68 bits per heavy atom. The van der Waals surface area contributed by atoms with E-state index in [1.54, 1.807) is 18.9 Å². The van der Waals surface area contributed by atoms with Crippen LogP contribution in [-0.2, 0) is 4.79 Å². The highest BCUT2D eigenvalue weighted by atomic mass is 35.5. The Morgan fingerprint density at radius 1 is 1.06 bits per heavy atom. The van der Waals surface area contributed by atoms with E-state index in [9.17, 15) is 4.79 Å². The number of Topliss-reactive ketones (excluding diaryl/α,β-unsaturated/α-hetero) is 1. The summed E-state index contributed by atoms with van der Waals surface area (Å²) in [6.07, 6.45) is 2.58. The zero-order valence-electron chi connectivity index (χ0n) is 17.1. The molecule has 3 aromatic rings. The van der Waals surface area contributed by atoms with E-state index in [0.29, 0.717) is 35.3 Å². The quantitative estimate of drug-likeness (QED) is 0.654. The van der Waals surface area contributed by atoms with Crippen LogP contribution in [0.2, 0.25) is 5.02 Å². The van der Waals surface area contributed by atoms with E-state index in [-0.39, 0.29) is 17.7 Å². The van der Waals surface area contributed by atoms with Crippen LogP contribution in [-0.4, -0.2) is 34.8 Å². The molecule has 31 heavy (non-hydrogen) atoms. The Kier molecular flexibility index (Phi) is 4.90. The summed E-state index contributed by atoms with van der Waals surface area (Å²) < 4.78 is 12.5. The molecule has 1 aliphatic heterocycles. The maximum absolute atomic E-state index is 13.4. The van der Waals surface area contributed by atoms with Crippen molar-refractivity contribution in [1.82, 2.24) is 14.8 Å². The molecule has 1 aromatic heterocycles. The van der Waals surface area contributed by atoms with Crippen molar-refractivity contribution in [3.05, 3.63) is 76.2 Å². The van der Waals surface area contributed by atoms with E-state index in [4.69, 9.17) is 21.1 Å². The van der Waals surface area contributed by atoms with Crippen molar-refractivity contribution in [2.24, 2.45) is 0 Å². The van der Waals surface area contributed by atoms with Crippen LogP contribution in [0.1, 0.15) is 35.9 Å². The van der Waals surface area contributed by atoms with Crippen molar-refractivity contribution in [2.45, 2.75) is 24.8 Å². The Hall–Kier alpha value is -3.32. The SMILES string of the molecule is COc1ccc([C@@H]2CC(=O)C3=C(C2)Nc2ncnn2[C@H]3c2cccc(Cl)c2)cc1OC.